The molecule has 1 atom stereocenters. The summed E-state index contributed by atoms with van der Waals surface area (Å²) < 4.78 is 7.20. The monoisotopic (exact) mass is 340 g/mol. The normalized spacial score (nSPS) is 20.9. The maximum Gasteiger partial charge on any atom is 0.254 e. The number of likely N-dealkylation sites (tertiary alicyclic amines) is 1. The molecule has 0 radical (unpaired) electrons. The average molecular weight is 340 g/mol. The molecular weight excluding hydrogens is 316 g/mol. The number of nitrogens with zero attached hydrogens (tertiary/aromatic N) is 4. The SMILES string of the molecule is Cn1cc([C@H]2CCCN2C(=O)c2ccc(N3CCOCC3)cc2)cn1. The highest BCUT2D eigenvalue weighted by atomic mass is 16.5. The highest BCUT2D eigenvalue weighted by Crippen LogP contribution is 2.33. The molecular formula is C19H24N4O2. The van der Waals surface area contributed by atoms with E-state index in [2.05, 4.69) is 10.00 Å². The Bertz CT molecular complexity index is 734. The van der Waals surface area contributed by atoms with Crippen LogP contribution in [0.5, 0.6) is 0 Å². The number of hydrogen-bond donors (Lipinski definition) is 0. The van der Waals surface area contributed by atoms with Gasteiger partial charge in [0.25, 0.3) is 5.91 Å². The number of amides is 1. The van der Waals surface area contributed by atoms with Crippen molar-refractivity contribution in [2.24, 2.45) is 7.05 Å². The van der Waals surface area contributed by atoms with Crippen molar-refractivity contribution in [1.29, 1.82) is 0 Å². The molecule has 2 saturated heterocycles. The lowest BCUT2D eigenvalue weighted by molar-refractivity contribution is 0.0735. The number of aryl methyl sites for hydroxylation is 1. The third-order valence-corrected chi connectivity index (χ3v) is 5.11. The van der Waals surface area contributed by atoms with Crippen LogP contribution in [0, 0.1) is 0 Å². The molecule has 2 aliphatic rings. The molecule has 0 spiro atoms. The maximum absolute atomic E-state index is 13.0. The van der Waals surface area contributed by atoms with Crippen molar-refractivity contribution in [3.8, 4) is 0 Å². The standard InChI is InChI=1S/C19H24N4O2/c1-21-14-16(13-20-21)18-3-2-8-23(18)19(24)15-4-6-17(7-5-15)22-9-11-25-12-10-22/h4-7,13-14,18H,2-3,8-12H2,1H3/t18-/m1/s1. The zero-order chi connectivity index (χ0) is 17.2. The molecule has 0 saturated carbocycles. The molecule has 2 aromatic rings. The highest BCUT2D eigenvalue weighted by Gasteiger charge is 2.31. The first-order valence-corrected chi connectivity index (χ1v) is 8.94. The Kier molecular flexibility index (Phi) is 4.44. The number of hydrogen-bond acceptors (Lipinski definition) is 4. The van der Waals surface area contributed by atoms with E-state index in [0.29, 0.717) is 0 Å². The van der Waals surface area contributed by atoms with Crippen LogP contribution in [0.1, 0.15) is 34.8 Å². The van der Waals surface area contributed by atoms with Crippen molar-refractivity contribution in [3.63, 3.8) is 0 Å². The topological polar surface area (TPSA) is 50.6 Å². The zero-order valence-corrected chi connectivity index (χ0v) is 14.6. The summed E-state index contributed by atoms with van der Waals surface area (Å²) in [6.45, 7) is 4.15. The molecule has 6 nitrogen and oxygen atoms in total. The van der Waals surface area contributed by atoms with Crippen LogP contribution in [0.3, 0.4) is 0 Å². The van der Waals surface area contributed by atoms with E-state index in [4.69, 9.17) is 4.74 Å². The molecule has 2 fully saturated rings. The number of rotatable bonds is 3. The summed E-state index contributed by atoms with van der Waals surface area (Å²) in [4.78, 5) is 17.3. The van der Waals surface area contributed by atoms with Crippen molar-refractivity contribution < 1.29 is 9.53 Å². The summed E-state index contributed by atoms with van der Waals surface area (Å²) in [7, 11) is 1.91. The summed E-state index contributed by atoms with van der Waals surface area (Å²) in [5.74, 6) is 0.111. The van der Waals surface area contributed by atoms with Crippen LogP contribution in [0.4, 0.5) is 5.69 Å². The van der Waals surface area contributed by atoms with E-state index in [1.165, 1.54) is 0 Å². The molecule has 132 valence electrons. The van der Waals surface area contributed by atoms with Gasteiger partial charge in [-0.25, -0.2) is 0 Å². The van der Waals surface area contributed by atoms with Gasteiger partial charge >= 0.3 is 0 Å². The fourth-order valence-electron chi connectivity index (χ4n) is 3.77. The van der Waals surface area contributed by atoms with Gasteiger partial charge in [0.15, 0.2) is 0 Å². The second kappa shape index (κ2) is 6.88. The van der Waals surface area contributed by atoms with Crippen molar-refractivity contribution >= 4 is 11.6 Å². The fourth-order valence-corrected chi connectivity index (χ4v) is 3.77. The Morgan fingerprint density at radius 3 is 2.60 bits per heavy atom. The van der Waals surface area contributed by atoms with Crippen LogP contribution in [0.25, 0.3) is 0 Å². The largest absolute Gasteiger partial charge is 0.378 e. The predicted octanol–water partition coefficient (Wildman–Crippen LogP) is 2.23. The summed E-state index contributed by atoms with van der Waals surface area (Å²) in [5, 5.41) is 4.25. The molecule has 2 aliphatic heterocycles. The molecule has 1 amide bonds. The molecule has 0 unspecified atom stereocenters. The third kappa shape index (κ3) is 3.26. The van der Waals surface area contributed by atoms with E-state index < -0.39 is 0 Å². The molecule has 1 aromatic heterocycles. The van der Waals surface area contributed by atoms with E-state index in [-0.39, 0.29) is 11.9 Å². The first kappa shape index (κ1) is 16.1. The smallest absolute Gasteiger partial charge is 0.254 e. The Hall–Kier alpha value is -2.34. The van der Waals surface area contributed by atoms with Crippen molar-refractivity contribution in [2.45, 2.75) is 18.9 Å². The van der Waals surface area contributed by atoms with Gasteiger partial charge in [-0.05, 0) is 37.1 Å². The molecule has 0 N–H and O–H groups in total. The third-order valence-electron chi connectivity index (χ3n) is 5.11. The number of carbonyl (C=O) groups excluding carboxylic acids is 1. The van der Waals surface area contributed by atoms with Crippen LogP contribution in [-0.2, 0) is 11.8 Å². The molecule has 3 heterocycles. The molecule has 25 heavy (non-hydrogen) atoms. The summed E-state index contributed by atoms with van der Waals surface area (Å²) in [6, 6.07) is 8.14. The minimum Gasteiger partial charge on any atom is -0.378 e. The van der Waals surface area contributed by atoms with E-state index in [9.17, 15) is 4.79 Å². The number of morpholine rings is 1. The molecule has 0 bridgehead atoms. The van der Waals surface area contributed by atoms with Gasteiger partial charge in [0.1, 0.15) is 0 Å². The fraction of sp³-hybridized carbons (Fsp3) is 0.474. The van der Waals surface area contributed by atoms with Crippen molar-refractivity contribution in [1.82, 2.24) is 14.7 Å². The van der Waals surface area contributed by atoms with Crippen LogP contribution >= 0.6 is 0 Å². The maximum atomic E-state index is 13.0. The lowest BCUT2D eigenvalue weighted by Crippen LogP contribution is -2.36. The number of benzene rings is 1. The van der Waals surface area contributed by atoms with Gasteiger partial charge in [-0.15, -0.1) is 0 Å². The number of carbonyl (C=O) groups is 1. The summed E-state index contributed by atoms with van der Waals surface area (Å²) in [6.07, 6.45) is 5.93. The van der Waals surface area contributed by atoms with Gasteiger partial charge in [-0.1, -0.05) is 0 Å². The van der Waals surface area contributed by atoms with E-state index in [1.54, 1.807) is 4.68 Å². The lowest BCUT2D eigenvalue weighted by Gasteiger charge is -2.29. The van der Waals surface area contributed by atoms with Gasteiger partial charge in [-0.2, -0.15) is 5.10 Å². The molecule has 1 aromatic carbocycles. The van der Waals surface area contributed by atoms with Gasteiger partial charge < -0.3 is 14.5 Å². The second-order valence-corrected chi connectivity index (χ2v) is 6.75. The summed E-state index contributed by atoms with van der Waals surface area (Å²) in [5.41, 5.74) is 3.04. The minimum absolute atomic E-state index is 0.111. The highest BCUT2D eigenvalue weighted by molar-refractivity contribution is 5.95. The zero-order valence-electron chi connectivity index (χ0n) is 14.6. The van der Waals surface area contributed by atoms with E-state index >= 15 is 0 Å². The van der Waals surface area contributed by atoms with Crippen LogP contribution in [0.2, 0.25) is 0 Å². The average Bonchev–Trinajstić information content (AvgIpc) is 3.31. The van der Waals surface area contributed by atoms with Gasteiger partial charge in [0.05, 0.1) is 25.5 Å². The Morgan fingerprint density at radius 2 is 1.92 bits per heavy atom. The first-order valence-electron chi connectivity index (χ1n) is 8.94. The van der Waals surface area contributed by atoms with E-state index in [1.807, 2.05) is 48.6 Å². The predicted molar refractivity (Wildman–Crippen MR) is 95.7 cm³/mol. The van der Waals surface area contributed by atoms with Crippen LogP contribution in [0.15, 0.2) is 36.7 Å². The Morgan fingerprint density at radius 1 is 1.16 bits per heavy atom. The molecule has 0 aliphatic carbocycles. The second-order valence-electron chi connectivity index (χ2n) is 6.75. The number of aromatic nitrogens is 2. The first-order chi connectivity index (χ1) is 12.2. The van der Waals surface area contributed by atoms with Gasteiger partial charge in [-0.3, -0.25) is 9.48 Å². The van der Waals surface area contributed by atoms with E-state index in [0.717, 1.165) is 62.5 Å². The summed E-state index contributed by atoms with van der Waals surface area (Å²) >= 11 is 0. The van der Waals surface area contributed by atoms with Crippen LogP contribution in [-0.4, -0.2) is 53.4 Å². The molecule has 6 heteroatoms. The minimum atomic E-state index is 0.111. The van der Waals surface area contributed by atoms with Crippen LogP contribution < -0.4 is 4.90 Å². The number of ether oxygens (including phenoxy) is 1. The number of anilines is 1. The lowest BCUT2D eigenvalue weighted by atomic mass is 10.1. The Labute approximate surface area is 148 Å². The molecule has 4 rings (SSSR count). The van der Waals surface area contributed by atoms with Gasteiger partial charge in [0, 0.05) is 49.7 Å². The van der Waals surface area contributed by atoms with Crippen molar-refractivity contribution in [3.05, 3.63) is 47.8 Å². The quantitative estimate of drug-likeness (QED) is 0.860. The van der Waals surface area contributed by atoms with Gasteiger partial charge in [0.2, 0.25) is 0 Å². The van der Waals surface area contributed by atoms with Crippen molar-refractivity contribution in [2.75, 3.05) is 37.7 Å². The Balaban J connectivity index is 1.50.